The number of benzene rings is 2. The van der Waals surface area contributed by atoms with E-state index in [1.54, 1.807) is 0 Å². The number of carbonyl (C=O) groups excluding carboxylic acids is 1. The van der Waals surface area contributed by atoms with Crippen LogP contribution < -0.4 is 4.74 Å². The van der Waals surface area contributed by atoms with Crippen LogP contribution in [0.15, 0.2) is 47.4 Å². The van der Waals surface area contributed by atoms with Gasteiger partial charge in [0.15, 0.2) is 0 Å². The molecule has 0 spiro atoms. The first-order valence-electron chi connectivity index (χ1n) is 9.55. The lowest BCUT2D eigenvalue weighted by atomic mass is 10.2. The summed E-state index contributed by atoms with van der Waals surface area (Å²) in [6, 6.07) is 10.7. The van der Waals surface area contributed by atoms with Crippen LogP contribution >= 0.6 is 0 Å². The minimum absolute atomic E-state index is 0.0151. The highest BCUT2D eigenvalue weighted by Gasteiger charge is 2.29. The second-order valence-electron chi connectivity index (χ2n) is 6.86. The average Bonchev–Trinajstić information content (AvgIpc) is 2.73. The van der Waals surface area contributed by atoms with Gasteiger partial charge in [-0.15, -0.1) is 0 Å². The van der Waals surface area contributed by atoms with Crippen LogP contribution in [0.4, 0.5) is 4.39 Å². The van der Waals surface area contributed by atoms with E-state index in [4.69, 9.17) is 9.47 Å². The molecule has 0 amide bonds. The maximum absolute atomic E-state index is 14.2. The molecule has 1 aliphatic rings. The van der Waals surface area contributed by atoms with Gasteiger partial charge in [-0.3, -0.25) is 0 Å². The molecular weight excluding hydrogens is 397 g/mol. The summed E-state index contributed by atoms with van der Waals surface area (Å²) in [6.45, 7) is 2.75. The molecule has 0 saturated carbocycles. The Morgan fingerprint density at radius 3 is 2.52 bits per heavy atom. The summed E-state index contributed by atoms with van der Waals surface area (Å²) >= 11 is 0. The predicted octanol–water partition coefficient (Wildman–Crippen LogP) is 3.54. The van der Waals surface area contributed by atoms with Crippen molar-refractivity contribution < 1.29 is 27.1 Å². The fourth-order valence-corrected chi connectivity index (χ4v) is 4.77. The SMILES string of the molecule is Cc1ccccc1OCCOC(=O)c1ccc(F)c(S(=O)(=O)N2CCCCC2)c1. The zero-order chi connectivity index (χ0) is 20.9. The van der Waals surface area contributed by atoms with Crippen molar-refractivity contribution in [3.05, 3.63) is 59.4 Å². The Morgan fingerprint density at radius 1 is 1.07 bits per heavy atom. The monoisotopic (exact) mass is 421 g/mol. The molecular formula is C21H24FNO5S. The summed E-state index contributed by atoms with van der Waals surface area (Å²) in [5.41, 5.74) is 0.947. The van der Waals surface area contributed by atoms with Crippen molar-refractivity contribution in [1.82, 2.24) is 4.31 Å². The molecule has 0 aliphatic carbocycles. The van der Waals surface area contributed by atoms with Crippen molar-refractivity contribution in [2.45, 2.75) is 31.1 Å². The third-order valence-corrected chi connectivity index (χ3v) is 6.68. The molecule has 2 aromatic rings. The van der Waals surface area contributed by atoms with Gasteiger partial charge in [0, 0.05) is 13.1 Å². The smallest absolute Gasteiger partial charge is 0.338 e. The van der Waals surface area contributed by atoms with Crippen LogP contribution in [0, 0.1) is 12.7 Å². The number of nitrogens with zero attached hydrogens (tertiary/aromatic N) is 1. The van der Waals surface area contributed by atoms with Gasteiger partial charge in [0.2, 0.25) is 10.0 Å². The van der Waals surface area contributed by atoms with Crippen molar-refractivity contribution in [3.63, 3.8) is 0 Å². The molecule has 3 rings (SSSR count). The number of piperidine rings is 1. The van der Waals surface area contributed by atoms with Gasteiger partial charge in [0.1, 0.15) is 29.7 Å². The van der Waals surface area contributed by atoms with Crippen LogP contribution in [-0.2, 0) is 14.8 Å². The second kappa shape index (κ2) is 9.37. The molecule has 156 valence electrons. The zero-order valence-electron chi connectivity index (χ0n) is 16.3. The summed E-state index contributed by atoms with van der Waals surface area (Å²) in [5.74, 6) is -0.913. The molecule has 1 saturated heterocycles. The van der Waals surface area contributed by atoms with Gasteiger partial charge >= 0.3 is 5.97 Å². The van der Waals surface area contributed by atoms with Gasteiger partial charge in [-0.1, -0.05) is 24.6 Å². The van der Waals surface area contributed by atoms with Gasteiger partial charge < -0.3 is 9.47 Å². The lowest BCUT2D eigenvalue weighted by molar-refractivity contribution is 0.0449. The number of carbonyl (C=O) groups is 1. The van der Waals surface area contributed by atoms with E-state index in [9.17, 15) is 17.6 Å². The Kier molecular flexibility index (Phi) is 6.87. The fraction of sp³-hybridized carbons (Fsp3) is 0.381. The van der Waals surface area contributed by atoms with E-state index in [2.05, 4.69) is 0 Å². The van der Waals surface area contributed by atoms with Gasteiger partial charge in [-0.2, -0.15) is 4.31 Å². The quantitative estimate of drug-likeness (QED) is 0.505. The Balaban J connectivity index is 1.64. The van der Waals surface area contributed by atoms with Crippen LogP contribution in [-0.4, -0.2) is 45.0 Å². The number of ether oxygens (including phenoxy) is 2. The maximum Gasteiger partial charge on any atom is 0.338 e. The summed E-state index contributed by atoms with van der Waals surface area (Å²) in [6.07, 6.45) is 2.43. The van der Waals surface area contributed by atoms with Crippen LogP contribution in [0.1, 0.15) is 35.2 Å². The number of aryl methyl sites for hydroxylation is 1. The van der Waals surface area contributed by atoms with Crippen molar-refractivity contribution >= 4 is 16.0 Å². The first-order chi connectivity index (χ1) is 13.9. The van der Waals surface area contributed by atoms with E-state index in [1.807, 2.05) is 31.2 Å². The van der Waals surface area contributed by atoms with Crippen LogP contribution in [0.3, 0.4) is 0 Å². The number of halogens is 1. The van der Waals surface area contributed by atoms with E-state index >= 15 is 0 Å². The number of hydrogen-bond donors (Lipinski definition) is 0. The minimum atomic E-state index is -3.99. The van der Waals surface area contributed by atoms with Gasteiger partial charge in [0.25, 0.3) is 0 Å². The maximum atomic E-state index is 14.2. The van der Waals surface area contributed by atoms with E-state index in [1.165, 1.54) is 10.4 Å². The Morgan fingerprint density at radius 2 is 1.79 bits per heavy atom. The predicted molar refractivity (Wildman–Crippen MR) is 106 cm³/mol. The Bertz CT molecular complexity index is 971. The topological polar surface area (TPSA) is 72.9 Å². The first-order valence-corrected chi connectivity index (χ1v) is 11.0. The van der Waals surface area contributed by atoms with Gasteiger partial charge in [-0.05, 0) is 49.6 Å². The molecule has 6 nitrogen and oxygen atoms in total. The highest BCUT2D eigenvalue weighted by molar-refractivity contribution is 7.89. The van der Waals surface area contributed by atoms with Crippen LogP contribution in [0.5, 0.6) is 5.75 Å². The van der Waals surface area contributed by atoms with E-state index in [0.29, 0.717) is 18.8 Å². The van der Waals surface area contributed by atoms with E-state index < -0.39 is 26.7 Å². The van der Waals surface area contributed by atoms with E-state index in [-0.39, 0.29) is 18.8 Å². The highest BCUT2D eigenvalue weighted by Crippen LogP contribution is 2.24. The first kappa shape index (κ1) is 21.3. The Hall–Kier alpha value is -2.45. The van der Waals surface area contributed by atoms with Crippen molar-refractivity contribution in [2.24, 2.45) is 0 Å². The van der Waals surface area contributed by atoms with Crippen LogP contribution in [0.25, 0.3) is 0 Å². The van der Waals surface area contributed by atoms with E-state index in [0.717, 1.165) is 37.0 Å². The molecule has 1 aliphatic heterocycles. The average molecular weight is 421 g/mol. The van der Waals surface area contributed by atoms with Crippen molar-refractivity contribution in [1.29, 1.82) is 0 Å². The number of hydrogen-bond acceptors (Lipinski definition) is 5. The van der Waals surface area contributed by atoms with Crippen molar-refractivity contribution in [3.8, 4) is 5.75 Å². The summed E-state index contributed by atoms with van der Waals surface area (Å²) in [7, 11) is -3.99. The lowest BCUT2D eigenvalue weighted by Gasteiger charge is -2.26. The normalized spacial score (nSPS) is 15.1. The summed E-state index contributed by atoms with van der Waals surface area (Å²) in [4.78, 5) is 11.8. The molecule has 2 aromatic carbocycles. The molecule has 1 fully saturated rings. The molecule has 0 aromatic heterocycles. The van der Waals surface area contributed by atoms with Gasteiger partial charge in [-0.25, -0.2) is 17.6 Å². The second-order valence-corrected chi connectivity index (χ2v) is 8.77. The number of rotatable bonds is 7. The molecule has 8 heteroatoms. The van der Waals surface area contributed by atoms with Gasteiger partial charge in [0.05, 0.1) is 5.56 Å². The summed E-state index contributed by atoms with van der Waals surface area (Å²) in [5, 5.41) is 0. The molecule has 0 unspecified atom stereocenters. The number of esters is 1. The minimum Gasteiger partial charge on any atom is -0.490 e. The molecule has 0 radical (unpaired) electrons. The summed E-state index contributed by atoms with van der Waals surface area (Å²) < 4.78 is 51.7. The zero-order valence-corrected chi connectivity index (χ0v) is 17.1. The third kappa shape index (κ3) is 5.13. The van der Waals surface area contributed by atoms with Crippen LogP contribution in [0.2, 0.25) is 0 Å². The largest absolute Gasteiger partial charge is 0.490 e. The fourth-order valence-electron chi connectivity index (χ4n) is 3.16. The lowest BCUT2D eigenvalue weighted by Crippen LogP contribution is -2.36. The number of sulfonamides is 1. The highest BCUT2D eigenvalue weighted by atomic mass is 32.2. The molecule has 0 bridgehead atoms. The molecule has 1 heterocycles. The standard InChI is InChI=1S/C21H24FNO5S/c1-16-7-3-4-8-19(16)27-13-14-28-21(24)17-9-10-18(22)20(15-17)29(25,26)23-11-5-2-6-12-23/h3-4,7-10,15H,2,5-6,11-14H2,1H3. The Labute approximate surface area is 170 Å². The third-order valence-electron chi connectivity index (χ3n) is 4.77. The molecule has 0 atom stereocenters. The molecule has 0 N–H and O–H groups in total. The van der Waals surface area contributed by atoms with Crippen molar-refractivity contribution in [2.75, 3.05) is 26.3 Å². The number of para-hydroxylation sites is 1. The molecule has 29 heavy (non-hydrogen) atoms.